The van der Waals surface area contributed by atoms with E-state index in [1.807, 2.05) is 0 Å². The molecule has 1 aliphatic carbocycles. The van der Waals surface area contributed by atoms with Crippen LogP contribution in [0.15, 0.2) is 23.9 Å². The molecule has 1 aliphatic rings. The Morgan fingerprint density at radius 2 is 2.47 bits per heavy atom. The van der Waals surface area contributed by atoms with E-state index in [-0.39, 0.29) is 0 Å². The third-order valence-electron chi connectivity index (χ3n) is 2.93. The molecule has 0 fully saturated rings. The first-order chi connectivity index (χ1) is 7.09. The summed E-state index contributed by atoms with van der Waals surface area (Å²) in [5.74, 6) is 7.59. The van der Waals surface area contributed by atoms with Crippen LogP contribution in [0.4, 0.5) is 0 Å². The van der Waals surface area contributed by atoms with Crippen LogP contribution in [-0.2, 0) is 0 Å². The number of hydrogen-bond donors (Lipinski definition) is 1. The quantitative estimate of drug-likeness (QED) is 0.551. The Kier molecular flexibility index (Phi) is 4.49. The zero-order valence-corrected chi connectivity index (χ0v) is 9.84. The molecule has 0 saturated carbocycles. The van der Waals surface area contributed by atoms with Crippen molar-refractivity contribution in [3.8, 4) is 11.8 Å². The minimum Gasteiger partial charge on any atom is -0.402 e. The van der Waals surface area contributed by atoms with Gasteiger partial charge in [-0.25, -0.2) is 0 Å². The van der Waals surface area contributed by atoms with Crippen LogP contribution in [0.25, 0.3) is 0 Å². The van der Waals surface area contributed by atoms with Crippen LogP contribution in [0, 0.1) is 23.7 Å². The minimum atomic E-state index is 0.477. The molecule has 2 atom stereocenters. The number of rotatable bonds is 4. The Balaban J connectivity index is 2.48. The normalized spacial score (nSPS) is 22.0. The number of allylic oxidation sites excluding steroid dienone is 3. The van der Waals surface area contributed by atoms with E-state index in [1.54, 1.807) is 0 Å². The minimum absolute atomic E-state index is 0.477. The van der Waals surface area contributed by atoms with Gasteiger partial charge in [-0.2, -0.15) is 0 Å². The first kappa shape index (κ1) is 11.9. The van der Waals surface area contributed by atoms with Gasteiger partial charge in [-0.15, -0.1) is 6.58 Å². The van der Waals surface area contributed by atoms with Gasteiger partial charge in [0.1, 0.15) is 0 Å². The van der Waals surface area contributed by atoms with Crippen molar-refractivity contribution in [1.29, 1.82) is 0 Å². The Hall–Kier alpha value is -1.16. The van der Waals surface area contributed by atoms with Gasteiger partial charge >= 0.3 is 0 Å². The Bertz CT molecular complexity index is 314. The highest BCUT2D eigenvalue weighted by Crippen LogP contribution is 2.23. The maximum absolute atomic E-state index is 5.76. The molecule has 2 N–H and O–H groups in total. The van der Waals surface area contributed by atoms with Crippen LogP contribution < -0.4 is 5.73 Å². The van der Waals surface area contributed by atoms with E-state index >= 15 is 0 Å². The molecule has 0 heterocycles. The van der Waals surface area contributed by atoms with E-state index in [0.29, 0.717) is 11.8 Å². The topological polar surface area (TPSA) is 26.0 Å². The van der Waals surface area contributed by atoms with E-state index < -0.39 is 0 Å². The van der Waals surface area contributed by atoms with Crippen molar-refractivity contribution < 1.29 is 0 Å². The van der Waals surface area contributed by atoms with Gasteiger partial charge in [-0.05, 0) is 32.1 Å². The van der Waals surface area contributed by atoms with Crippen LogP contribution in [0.2, 0.25) is 0 Å². The summed E-state index contributed by atoms with van der Waals surface area (Å²) in [7, 11) is 0. The van der Waals surface area contributed by atoms with Crippen LogP contribution in [-0.4, -0.2) is 0 Å². The lowest BCUT2D eigenvalue weighted by atomic mass is 9.87. The van der Waals surface area contributed by atoms with Crippen LogP contribution in [0.3, 0.4) is 0 Å². The highest BCUT2D eigenvalue weighted by atomic mass is 14.6. The van der Waals surface area contributed by atoms with Gasteiger partial charge in [0.25, 0.3) is 0 Å². The Morgan fingerprint density at radius 3 is 3.13 bits per heavy atom. The molecule has 82 valence electrons. The first-order valence-electron chi connectivity index (χ1n) is 5.67. The third-order valence-corrected chi connectivity index (χ3v) is 2.93. The molecule has 0 amide bonds. The second-order valence-electron chi connectivity index (χ2n) is 4.59. The summed E-state index contributed by atoms with van der Waals surface area (Å²) < 4.78 is 0. The lowest BCUT2D eigenvalue weighted by molar-refractivity contribution is 0.416. The largest absolute Gasteiger partial charge is 0.402 e. The predicted molar refractivity (Wildman–Crippen MR) is 66.0 cm³/mol. The van der Waals surface area contributed by atoms with Crippen molar-refractivity contribution in [3.05, 3.63) is 23.9 Å². The highest BCUT2D eigenvalue weighted by molar-refractivity contribution is 5.18. The molecule has 0 radical (unpaired) electrons. The summed E-state index contributed by atoms with van der Waals surface area (Å²) in [5, 5.41) is 0. The van der Waals surface area contributed by atoms with E-state index in [4.69, 9.17) is 5.73 Å². The van der Waals surface area contributed by atoms with Crippen molar-refractivity contribution in [3.63, 3.8) is 0 Å². The fourth-order valence-corrected chi connectivity index (χ4v) is 1.74. The zero-order valence-electron chi connectivity index (χ0n) is 9.84. The Morgan fingerprint density at radius 1 is 1.73 bits per heavy atom. The molecular formula is C14H21N. The Labute approximate surface area is 93.4 Å². The van der Waals surface area contributed by atoms with E-state index in [2.05, 4.69) is 38.3 Å². The van der Waals surface area contributed by atoms with Crippen LogP contribution in [0.5, 0.6) is 0 Å². The van der Waals surface area contributed by atoms with Crippen molar-refractivity contribution in [2.45, 2.75) is 39.5 Å². The van der Waals surface area contributed by atoms with Crippen LogP contribution >= 0.6 is 0 Å². The molecule has 0 aromatic heterocycles. The molecule has 0 bridgehead atoms. The van der Waals surface area contributed by atoms with Crippen molar-refractivity contribution in [2.75, 3.05) is 0 Å². The standard InChI is InChI=1S/C14H21N/c1-11(2)7-8-12(3)13-5-4-6-14(15)10-9-13/h10,12-13H,1,6-9,15H2,2-3H3. The third kappa shape index (κ3) is 4.25. The van der Waals surface area contributed by atoms with Crippen molar-refractivity contribution >= 4 is 0 Å². The average molecular weight is 203 g/mol. The summed E-state index contributed by atoms with van der Waals surface area (Å²) in [5.41, 5.74) is 7.95. The number of hydrogen-bond acceptors (Lipinski definition) is 1. The smallest absolute Gasteiger partial charge is 0.0483 e. The molecule has 2 unspecified atom stereocenters. The van der Waals surface area contributed by atoms with Crippen LogP contribution in [0.1, 0.15) is 39.5 Å². The summed E-state index contributed by atoms with van der Waals surface area (Å²) in [6.07, 6.45) is 6.16. The fraction of sp³-hybridized carbons (Fsp3) is 0.571. The predicted octanol–water partition coefficient (Wildman–Crippen LogP) is 3.23. The van der Waals surface area contributed by atoms with E-state index in [1.165, 1.54) is 12.0 Å². The first-order valence-corrected chi connectivity index (χ1v) is 5.67. The molecule has 0 aromatic carbocycles. The number of nitrogens with two attached hydrogens (primary N) is 1. The second-order valence-corrected chi connectivity index (χ2v) is 4.59. The molecule has 0 aliphatic heterocycles. The van der Waals surface area contributed by atoms with Gasteiger partial charge in [0, 0.05) is 18.0 Å². The maximum Gasteiger partial charge on any atom is 0.0483 e. The molecule has 0 aromatic rings. The lowest BCUT2D eigenvalue weighted by Gasteiger charge is -2.17. The van der Waals surface area contributed by atoms with Crippen molar-refractivity contribution in [1.82, 2.24) is 0 Å². The van der Waals surface area contributed by atoms with Gasteiger partial charge < -0.3 is 5.73 Å². The summed E-state index contributed by atoms with van der Waals surface area (Å²) >= 11 is 0. The molecule has 1 rings (SSSR count). The van der Waals surface area contributed by atoms with Gasteiger partial charge in [0.05, 0.1) is 0 Å². The SMILES string of the molecule is C=C(C)CCC(C)C1C#CCC(N)=CC1. The molecule has 0 spiro atoms. The van der Waals surface area contributed by atoms with E-state index in [9.17, 15) is 0 Å². The molecule has 1 heteroatoms. The molecular weight excluding hydrogens is 182 g/mol. The highest BCUT2D eigenvalue weighted by Gasteiger charge is 2.14. The zero-order chi connectivity index (χ0) is 11.3. The van der Waals surface area contributed by atoms with Gasteiger partial charge in [0.15, 0.2) is 0 Å². The molecule has 1 nitrogen and oxygen atoms in total. The lowest BCUT2D eigenvalue weighted by Crippen LogP contribution is -2.09. The summed E-state index contributed by atoms with van der Waals surface area (Å²) in [4.78, 5) is 0. The van der Waals surface area contributed by atoms with Gasteiger partial charge in [-0.3, -0.25) is 0 Å². The van der Waals surface area contributed by atoms with Crippen molar-refractivity contribution in [2.24, 2.45) is 17.6 Å². The van der Waals surface area contributed by atoms with Gasteiger partial charge in [-0.1, -0.05) is 30.4 Å². The fourth-order valence-electron chi connectivity index (χ4n) is 1.74. The summed E-state index contributed by atoms with van der Waals surface area (Å²) in [6, 6.07) is 0. The second kappa shape index (κ2) is 5.66. The maximum atomic E-state index is 5.76. The van der Waals surface area contributed by atoms with E-state index in [0.717, 1.165) is 25.0 Å². The molecule has 0 saturated heterocycles. The monoisotopic (exact) mass is 203 g/mol. The van der Waals surface area contributed by atoms with Gasteiger partial charge in [0.2, 0.25) is 0 Å². The summed E-state index contributed by atoms with van der Waals surface area (Å²) in [6.45, 7) is 8.30. The molecule has 15 heavy (non-hydrogen) atoms. The average Bonchev–Trinajstić information content (AvgIpc) is 2.39.